The Morgan fingerprint density at radius 1 is 1.05 bits per heavy atom. The number of aryl methyl sites for hydroxylation is 1. The van der Waals surface area contributed by atoms with Crippen molar-refractivity contribution in [1.29, 1.82) is 0 Å². The topological polar surface area (TPSA) is 102 Å². The van der Waals surface area contributed by atoms with E-state index in [1.165, 1.54) is 53.2 Å². The Morgan fingerprint density at radius 3 is 2.41 bits per heavy atom. The number of pyridine rings is 1. The van der Waals surface area contributed by atoms with Gasteiger partial charge >= 0.3 is 0 Å². The number of hydrogen-bond acceptors (Lipinski definition) is 6. The minimum absolute atomic E-state index is 0.222. The molecule has 10 heteroatoms. The first-order valence-corrected chi connectivity index (χ1v) is 14.1. The van der Waals surface area contributed by atoms with Gasteiger partial charge in [0.2, 0.25) is 21.7 Å². The van der Waals surface area contributed by atoms with E-state index in [0.29, 0.717) is 41.5 Å². The highest BCUT2D eigenvalue weighted by molar-refractivity contribution is 7.91. The second kappa shape index (κ2) is 11.4. The molecule has 0 amide bonds. The van der Waals surface area contributed by atoms with Crippen LogP contribution >= 0.6 is 0 Å². The van der Waals surface area contributed by atoms with Gasteiger partial charge in [-0.1, -0.05) is 44.5 Å². The average molecular weight is 554 g/mol. The maximum absolute atomic E-state index is 14.1. The average Bonchev–Trinajstić information content (AvgIpc) is 2.90. The van der Waals surface area contributed by atoms with Crippen LogP contribution in [0.1, 0.15) is 56.1 Å². The Kier molecular flexibility index (Phi) is 8.25. The standard InChI is InChI=1S/C29H29F2N3O4S/c1-4-6-10-25-33-28(35)26(29(36)34(25)24(5-2)20-8-7-9-21(30)17-20)39(37,38)22-13-11-19(12-14-22)23-15-16-32-27(31)18(23)3/h7-9,11-17,24,36H,4-6,10H2,1-3H3. The summed E-state index contributed by atoms with van der Waals surface area (Å²) in [5.74, 6) is -1.63. The van der Waals surface area contributed by atoms with Crippen molar-refractivity contribution in [3.05, 3.63) is 99.9 Å². The number of aromatic nitrogens is 3. The maximum Gasteiger partial charge on any atom is 0.296 e. The van der Waals surface area contributed by atoms with Crippen molar-refractivity contribution in [1.82, 2.24) is 14.5 Å². The molecule has 0 radical (unpaired) electrons. The second-order valence-electron chi connectivity index (χ2n) is 9.24. The van der Waals surface area contributed by atoms with Crippen molar-refractivity contribution in [2.24, 2.45) is 0 Å². The van der Waals surface area contributed by atoms with Crippen LogP contribution in [-0.2, 0) is 16.3 Å². The highest BCUT2D eigenvalue weighted by atomic mass is 32.2. The van der Waals surface area contributed by atoms with E-state index >= 15 is 0 Å². The fraction of sp³-hybridized carbons (Fsp3) is 0.276. The van der Waals surface area contributed by atoms with Crippen molar-refractivity contribution in [2.75, 3.05) is 0 Å². The molecule has 0 saturated carbocycles. The molecule has 0 aliphatic heterocycles. The predicted octanol–water partition coefficient (Wildman–Crippen LogP) is 5.77. The zero-order chi connectivity index (χ0) is 28.3. The van der Waals surface area contributed by atoms with E-state index in [4.69, 9.17) is 0 Å². The zero-order valence-electron chi connectivity index (χ0n) is 21.9. The molecular formula is C29H29F2N3O4S. The largest absolute Gasteiger partial charge is 0.493 e. The molecule has 7 nitrogen and oxygen atoms in total. The van der Waals surface area contributed by atoms with Gasteiger partial charge in [-0.15, -0.1) is 0 Å². The normalized spacial score (nSPS) is 12.4. The van der Waals surface area contributed by atoms with Crippen molar-refractivity contribution in [3.63, 3.8) is 0 Å². The van der Waals surface area contributed by atoms with Crippen molar-refractivity contribution >= 4 is 9.84 Å². The van der Waals surface area contributed by atoms with E-state index in [2.05, 4.69) is 9.97 Å². The van der Waals surface area contributed by atoms with Crippen LogP contribution in [-0.4, -0.2) is 28.1 Å². The van der Waals surface area contributed by atoms with Crippen LogP contribution in [0.5, 0.6) is 5.88 Å². The highest BCUT2D eigenvalue weighted by Crippen LogP contribution is 2.34. The molecule has 1 N–H and O–H groups in total. The third-order valence-electron chi connectivity index (χ3n) is 6.71. The molecule has 1 atom stereocenters. The Hall–Kier alpha value is -3.92. The molecule has 1 unspecified atom stereocenters. The molecule has 0 bridgehead atoms. The van der Waals surface area contributed by atoms with Crippen molar-refractivity contribution < 1.29 is 22.3 Å². The lowest BCUT2D eigenvalue weighted by atomic mass is 10.0. The van der Waals surface area contributed by atoms with Crippen LogP contribution in [0.25, 0.3) is 11.1 Å². The first kappa shape index (κ1) is 28.1. The van der Waals surface area contributed by atoms with Gasteiger partial charge in [-0.25, -0.2) is 17.8 Å². The number of unbranched alkanes of at least 4 members (excludes halogenated alkanes) is 1. The number of halogens is 2. The summed E-state index contributed by atoms with van der Waals surface area (Å²) >= 11 is 0. The zero-order valence-corrected chi connectivity index (χ0v) is 22.7. The molecule has 0 fully saturated rings. The molecule has 0 spiro atoms. The third-order valence-corrected chi connectivity index (χ3v) is 8.49. The third kappa shape index (κ3) is 5.47. The monoisotopic (exact) mass is 553 g/mol. The van der Waals surface area contributed by atoms with Crippen LogP contribution in [0, 0.1) is 18.7 Å². The summed E-state index contributed by atoms with van der Waals surface area (Å²) in [5, 5.41) is 11.4. The van der Waals surface area contributed by atoms with Crippen molar-refractivity contribution in [2.45, 2.75) is 62.3 Å². The molecule has 39 heavy (non-hydrogen) atoms. The molecule has 2 aromatic carbocycles. The van der Waals surface area contributed by atoms with E-state index in [9.17, 15) is 27.1 Å². The molecule has 0 aliphatic carbocycles. The summed E-state index contributed by atoms with van der Waals surface area (Å²) in [6, 6.07) is 12.3. The van der Waals surface area contributed by atoms with Gasteiger partial charge in [-0.3, -0.25) is 9.36 Å². The summed E-state index contributed by atoms with van der Waals surface area (Å²) in [5.41, 5.74) is 0.839. The van der Waals surface area contributed by atoms with Gasteiger partial charge in [0.25, 0.3) is 5.56 Å². The molecule has 4 aromatic rings. The number of nitrogens with zero attached hydrogens (tertiary/aromatic N) is 3. The van der Waals surface area contributed by atoms with Crippen LogP contribution < -0.4 is 5.56 Å². The van der Waals surface area contributed by atoms with E-state index in [1.54, 1.807) is 19.1 Å². The molecule has 0 aliphatic rings. The summed E-state index contributed by atoms with van der Waals surface area (Å²) in [6.45, 7) is 5.33. The number of aromatic hydroxyl groups is 1. The smallest absolute Gasteiger partial charge is 0.296 e. The van der Waals surface area contributed by atoms with Gasteiger partial charge in [-0.05, 0) is 66.8 Å². The van der Waals surface area contributed by atoms with Crippen LogP contribution in [0.3, 0.4) is 0 Å². The Morgan fingerprint density at radius 2 is 1.77 bits per heavy atom. The van der Waals surface area contributed by atoms with Gasteiger partial charge < -0.3 is 5.11 Å². The summed E-state index contributed by atoms with van der Waals surface area (Å²) in [6.07, 6.45) is 3.44. The lowest BCUT2D eigenvalue weighted by Crippen LogP contribution is -2.27. The lowest BCUT2D eigenvalue weighted by Gasteiger charge is -2.25. The lowest BCUT2D eigenvalue weighted by molar-refractivity contribution is 0.358. The fourth-order valence-electron chi connectivity index (χ4n) is 4.66. The predicted molar refractivity (Wildman–Crippen MR) is 143 cm³/mol. The first-order valence-electron chi connectivity index (χ1n) is 12.7. The Balaban J connectivity index is 1.87. The molecule has 2 heterocycles. The van der Waals surface area contributed by atoms with Gasteiger partial charge in [0.1, 0.15) is 11.6 Å². The fourth-order valence-corrected chi connectivity index (χ4v) is 6.00. The molecular weight excluding hydrogens is 524 g/mol. The minimum atomic E-state index is -4.52. The molecule has 204 valence electrons. The Labute approximate surface area is 225 Å². The maximum atomic E-state index is 14.1. The van der Waals surface area contributed by atoms with E-state index in [0.717, 1.165) is 6.42 Å². The second-order valence-corrected chi connectivity index (χ2v) is 11.1. The number of hydrogen-bond donors (Lipinski definition) is 1. The van der Waals surface area contributed by atoms with E-state index in [1.807, 2.05) is 13.8 Å². The minimum Gasteiger partial charge on any atom is -0.493 e. The number of benzene rings is 2. The highest BCUT2D eigenvalue weighted by Gasteiger charge is 2.32. The van der Waals surface area contributed by atoms with Crippen LogP contribution in [0.15, 0.2) is 75.4 Å². The van der Waals surface area contributed by atoms with E-state index < -0.39 is 44.0 Å². The number of rotatable bonds is 9. The number of sulfone groups is 1. The van der Waals surface area contributed by atoms with Gasteiger partial charge in [0.15, 0.2) is 4.90 Å². The summed E-state index contributed by atoms with van der Waals surface area (Å²) in [7, 11) is -4.52. The Bertz CT molecular complexity index is 1670. The van der Waals surface area contributed by atoms with Gasteiger partial charge in [-0.2, -0.15) is 9.37 Å². The summed E-state index contributed by atoms with van der Waals surface area (Å²) in [4.78, 5) is 19.7. The van der Waals surface area contributed by atoms with Gasteiger partial charge in [0, 0.05) is 18.2 Å². The van der Waals surface area contributed by atoms with Gasteiger partial charge in [0.05, 0.1) is 10.9 Å². The SMILES string of the molecule is CCCCc1nc(=O)c(S(=O)(=O)c2ccc(-c3ccnc(F)c3C)cc2)c(O)n1C(CC)c1cccc(F)c1. The van der Waals surface area contributed by atoms with Crippen molar-refractivity contribution in [3.8, 4) is 17.0 Å². The molecule has 0 saturated heterocycles. The van der Waals surface area contributed by atoms with Crippen LogP contribution in [0.2, 0.25) is 0 Å². The van der Waals surface area contributed by atoms with Crippen LogP contribution in [0.4, 0.5) is 8.78 Å². The summed E-state index contributed by atoms with van der Waals surface area (Å²) < 4.78 is 56.7. The first-order chi connectivity index (χ1) is 18.6. The quantitative estimate of drug-likeness (QED) is 0.264. The molecule has 2 aromatic heterocycles. The molecule has 4 rings (SSSR count). The van der Waals surface area contributed by atoms with E-state index in [-0.39, 0.29) is 10.7 Å².